The van der Waals surface area contributed by atoms with E-state index in [0.717, 1.165) is 23.3 Å². The predicted octanol–water partition coefficient (Wildman–Crippen LogP) is 2.67. The Balaban J connectivity index is 2.07. The second kappa shape index (κ2) is 5.43. The first-order chi connectivity index (χ1) is 9.79. The highest BCUT2D eigenvalue weighted by Crippen LogP contribution is 2.23. The highest BCUT2D eigenvalue weighted by Gasteiger charge is 2.17. The quantitative estimate of drug-likeness (QED) is 0.789. The van der Waals surface area contributed by atoms with Gasteiger partial charge in [0.1, 0.15) is 5.82 Å². The molecule has 3 rings (SSSR count). The number of aromatic nitrogens is 3. The molecular formula is C16H18N4. The fourth-order valence-electron chi connectivity index (χ4n) is 2.49. The van der Waals surface area contributed by atoms with E-state index in [1.165, 1.54) is 5.56 Å². The average molecular weight is 266 g/mol. The average Bonchev–Trinajstić information content (AvgIpc) is 2.90. The van der Waals surface area contributed by atoms with E-state index in [0.29, 0.717) is 0 Å². The summed E-state index contributed by atoms with van der Waals surface area (Å²) in [6.45, 7) is 3.00. The Morgan fingerprint density at radius 1 is 1.20 bits per heavy atom. The normalized spacial score (nSPS) is 12.7. The molecule has 1 aromatic carbocycles. The van der Waals surface area contributed by atoms with Gasteiger partial charge in [-0.05, 0) is 30.3 Å². The number of benzene rings is 1. The van der Waals surface area contributed by atoms with Crippen LogP contribution in [0.15, 0.2) is 48.9 Å². The van der Waals surface area contributed by atoms with Gasteiger partial charge in [-0.25, -0.2) is 4.98 Å². The molecule has 1 atom stereocenters. The maximum Gasteiger partial charge on any atom is 0.130 e. The highest BCUT2D eigenvalue weighted by molar-refractivity contribution is 5.79. The number of nitrogens with zero attached hydrogens (tertiary/aromatic N) is 3. The van der Waals surface area contributed by atoms with Crippen LogP contribution in [-0.2, 0) is 7.05 Å². The zero-order chi connectivity index (χ0) is 13.9. The number of hydrogen-bond acceptors (Lipinski definition) is 3. The molecule has 102 valence electrons. The van der Waals surface area contributed by atoms with E-state index in [4.69, 9.17) is 0 Å². The maximum atomic E-state index is 4.48. The maximum absolute atomic E-state index is 4.48. The SMILES string of the molecule is CCNC(c1ccc2ncccc2c1)c1nccn1C. The first-order valence-electron chi connectivity index (χ1n) is 6.85. The molecule has 2 aromatic heterocycles. The van der Waals surface area contributed by atoms with Gasteiger partial charge >= 0.3 is 0 Å². The van der Waals surface area contributed by atoms with Crippen molar-refractivity contribution >= 4 is 10.9 Å². The van der Waals surface area contributed by atoms with Gasteiger partial charge in [-0.3, -0.25) is 4.98 Å². The Labute approximate surface area is 118 Å². The van der Waals surface area contributed by atoms with Gasteiger partial charge in [0.15, 0.2) is 0 Å². The molecule has 2 heterocycles. The lowest BCUT2D eigenvalue weighted by Crippen LogP contribution is -2.24. The monoisotopic (exact) mass is 266 g/mol. The molecule has 0 aliphatic carbocycles. The van der Waals surface area contributed by atoms with Crippen molar-refractivity contribution in [1.82, 2.24) is 19.9 Å². The molecule has 0 saturated heterocycles. The van der Waals surface area contributed by atoms with Crippen molar-refractivity contribution < 1.29 is 0 Å². The molecule has 3 aromatic rings. The van der Waals surface area contributed by atoms with Crippen molar-refractivity contribution in [2.45, 2.75) is 13.0 Å². The smallest absolute Gasteiger partial charge is 0.130 e. The number of imidazole rings is 1. The minimum Gasteiger partial charge on any atom is -0.336 e. The van der Waals surface area contributed by atoms with Crippen LogP contribution in [0.1, 0.15) is 24.4 Å². The van der Waals surface area contributed by atoms with Crippen LogP contribution in [-0.4, -0.2) is 21.1 Å². The highest BCUT2D eigenvalue weighted by atomic mass is 15.1. The van der Waals surface area contributed by atoms with Crippen molar-refractivity contribution in [3.05, 3.63) is 60.3 Å². The van der Waals surface area contributed by atoms with Gasteiger partial charge in [0.05, 0.1) is 11.6 Å². The van der Waals surface area contributed by atoms with Crippen LogP contribution in [0.25, 0.3) is 10.9 Å². The summed E-state index contributed by atoms with van der Waals surface area (Å²) in [5, 5.41) is 4.66. The van der Waals surface area contributed by atoms with Crippen LogP contribution in [0.3, 0.4) is 0 Å². The number of hydrogen-bond donors (Lipinski definition) is 1. The summed E-state index contributed by atoms with van der Waals surface area (Å²) >= 11 is 0. The van der Waals surface area contributed by atoms with E-state index in [-0.39, 0.29) is 6.04 Å². The molecule has 0 saturated carbocycles. The first-order valence-corrected chi connectivity index (χ1v) is 6.85. The van der Waals surface area contributed by atoms with Gasteiger partial charge in [0.25, 0.3) is 0 Å². The first kappa shape index (κ1) is 12.8. The van der Waals surface area contributed by atoms with Crippen molar-refractivity contribution in [2.24, 2.45) is 7.05 Å². The van der Waals surface area contributed by atoms with E-state index in [1.54, 1.807) is 0 Å². The van der Waals surface area contributed by atoms with Gasteiger partial charge in [-0.2, -0.15) is 0 Å². The van der Waals surface area contributed by atoms with Gasteiger partial charge < -0.3 is 9.88 Å². The van der Waals surface area contributed by atoms with Crippen LogP contribution in [0, 0.1) is 0 Å². The Hall–Kier alpha value is -2.20. The van der Waals surface area contributed by atoms with Gasteiger partial charge in [0, 0.05) is 31.0 Å². The second-order valence-electron chi connectivity index (χ2n) is 4.84. The van der Waals surface area contributed by atoms with Crippen LogP contribution in [0.5, 0.6) is 0 Å². The van der Waals surface area contributed by atoms with E-state index in [9.17, 15) is 0 Å². The summed E-state index contributed by atoms with van der Waals surface area (Å²) in [4.78, 5) is 8.84. The predicted molar refractivity (Wildman–Crippen MR) is 80.5 cm³/mol. The van der Waals surface area contributed by atoms with E-state index in [2.05, 4.69) is 51.0 Å². The van der Waals surface area contributed by atoms with E-state index >= 15 is 0 Å². The third kappa shape index (κ3) is 2.30. The van der Waals surface area contributed by atoms with Crippen molar-refractivity contribution in [1.29, 1.82) is 0 Å². The van der Waals surface area contributed by atoms with Gasteiger partial charge in [-0.15, -0.1) is 0 Å². The summed E-state index contributed by atoms with van der Waals surface area (Å²) < 4.78 is 2.06. The van der Waals surface area contributed by atoms with E-state index < -0.39 is 0 Å². The number of nitrogens with one attached hydrogen (secondary N) is 1. The molecule has 0 spiro atoms. The molecule has 0 fully saturated rings. The molecule has 4 heteroatoms. The van der Waals surface area contributed by atoms with Crippen molar-refractivity contribution in [2.75, 3.05) is 6.54 Å². The second-order valence-corrected chi connectivity index (χ2v) is 4.84. The zero-order valence-electron chi connectivity index (χ0n) is 11.7. The zero-order valence-corrected chi connectivity index (χ0v) is 11.7. The van der Waals surface area contributed by atoms with Gasteiger partial charge in [-0.1, -0.05) is 19.1 Å². The minimum atomic E-state index is 0.101. The summed E-state index contributed by atoms with van der Waals surface area (Å²) in [5.74, 6) is 1.02. The summed E-state index contributed by atoms with van der Waals surface area (Å²) in [6.07, 6.45) is 5.63. The lowest BCUT2D eigenvalue weighted by molar-refractivity contribution is 0.577. The number of fused-ring (bicyclic) bond motifs is 1. The standard InChI is InChI=1S/C16H18N4/c1-3-17-15(16-19-9-10-20(16)2)13-6-7-14-12(11-13)5-4-8-18-14/h4-11,15,17H,3H2,1-2H3. The third-order valence-electron chi connectivity index (χ3n) is 3.49. The summed E-state index contributed by atoms with van der Waals surface area (Å²) in [6, 6.07) is 10.5. The molecule has 1 N–H and O–H groups in total. The van der Waals surface area contributed by atoms with Crippen LogP contribution >= 0.6 is 0 Å². The minimum absolute atomic E-state index is 0.101. The Bertz CT molecular complexity index is 717. The number of aryl methyl sites for hydroxylation is 1. The van der Waals surface area contributed by atoms with Crippen LogP contribution in [0.2, 0.25) is 0 Å². The fraction of sp³-hybridized carbons (Fsp3) is 0.250. The van der Waals surface area contributed by atoms with Gasteiger partial charge in [0.2, 0.25) is 0 Å². The Morgan fingerprint density at radius 3 is 2.85 bits per heavy atom. The molecule has 0 radical (unpaired) electrons. The summed E-state index contributed by atoms with van der Waals surface area (Å²) in [5.41, 5.74) is 2.23. The Kier molecular flexibility index (Phi) is 3.48. The molecule has 0 aliphatic heterocycles. The molecule has 0 amide bonds. The van der Waals surface area contributed by atoms with Crippen molar-refractivity contribution in [3.8, 4) is 0 Å². The topological polar surface area (TPSA) is 42.7 Å². The summed E-state index contributed by atoms with van der Waals surface area (Å²) in [7, 11) is 2.02. The Morgan fingerprint density at radius 2 is 2.10 bits per heavy atom. The molecule has 4 nitrogen and oxygen atoms in total. The molecule has 0 aliphatic rings. The third-order valence-corrected chi connectivity index (χ3v) is 3.49. The molecule has 20 heavy (non-hydrogen) atoms. The molecular weight excluding hydrogens is 248 g/mol. The lowest BCUT2D eigenvalue weighted by Gasteiger charge is -2.18. The lowest BCUT2D eigenvalue weighted by atomic mass is 10.0. The number of rotatable bonds is 4. The van der Waals surface area contributed by atoms with E-state index in [1.807, 2.05) is 31.7 Å². The van der Waals surface area contributed by atoms with Crippen LogP contribution < -0.4 is 5.32 Å². The molecule has 0 bridgehead atoms. The van der Waals surface area contributed by atoms with Crippen molar-refractivity contribution in [3.63, 3.8) is 0 Å². The van der Waals surface area contributed by atoms with Crippen LogP contribution in [0.4, 0.5) is 0 Å². The molecule has 1 unspecified atom stereocenters. The number of pyridine rings is 1. The fourth-order valence-corrected chi connectivity index (χ4v) is 2.49. The largest absolute Gasteiger partial charge is 0.336 e.